The number of esters is 1. The fourth-order valence-corrected chi connectivity index (χ4v) is 2.35. The van der Waals surface area contributed by atoms with Gasteiger partial charge in [-0.3, -0.25) is 4.79 Å². The molecule has 0 aliphatic heterocycles. The summed E-state index contributed by atoms with van der Waals surface area (Å²) in [5, 5.41) is 6.39. The number of methoxy groups -OCH3 is 1. The predicted octanol–water partition coefficient (Wildman–Crippen LogP) is 2.53. The van der Waals surface area contributed by atoms with Crippen LogP contribution in [0.3, 0.4) is 0 Å². The van der Waals surface area contributed by atoms with Crippen molar-refractivity contribution in [3.8, 4) is 0 Å². The predicted molar refractivity (Wildman–Crippen MR) is 75.4 cm³/mol. The first kappa shape index (κ1) is 17.1. The monoisotopic (exact) mass is 298 g/mol. The summed E-state index contributed by atoms with van der Waals surface area (Å²) in [5.41, 5.74) is 8.04. The summed E-state index contributed by atoms with van der Waals surface area (Å²) in [6.45, 7) is 5.31. The van der Waals surface area contributed by atoms with E-state index in [1.54, 1.807) is 20.8 Å². The number of azide groups is 1. The van der Waals surface area contributed by atoms with E-state index in [1.165, 1.54) is 7.11 Å². The lowest BCUT2D eigenvalue weighted by Gasteiger charge is -2.33. The molecule has 21 heavy (non-hydrogen) atoms. The third kappa shape index (κ3) is 5.51. The van der Waals surface area contributed by atoms with E-state index in [0.717, 1.165) is 0 Å². The van der Waals surface area contributed by atoms with Gasteiger partial charge in [0.25, 0.3) is 0 Å². The molecule has 0 aromatic rings. The SMILES string of the molecule is COC(=O)C1CCC(NC(=O)OC(C)(C)C)C(N=[N+]=[N-])C1. The molecule has 8 heteroatoms. The van der Waals surface area contributed by atoms with Crippen LogP contribution in [0.4, 0.5) is 4.79 Å². The highest BCUT2D eigenvalue weighted by atomic mass is 16.6. The summed E-state index contributed by atoms with van der Waals surface area (Å²) in [7, 11) is 1.33. The third-order valence-corrected chi connectivity index (χ3v) is 3.25. The van der Waals surface area contributed by atoms with Crippen LogP contribution in [0.25, 0.3) is 10.4 Å². The average Bonchev–Trinajstić information content (AvgIpc) is 2.38. The van der Waals surface area contributed by atoms with E-state index in [-0.39, 0.29) is 17.9 Å². The van der Waals surface area contributed by atoms with Gasteiger partial charge < -0.3 is 14.8 Å². The molecule has 1 aliphatic carbocycles. The van der Waals surface area contributed by atoms with E-state index >= 15 is 0 Å². The van der Waals surface area contributed by atoms with Crippen LogP contribution in [-0.2, 0) is 14.3 Å². The van der Waals surface area contributed by atoms with Crippen molar-refractivity contribution in [2.24, 2.45) is 11.0 Å². The zero-order valence-electron chi connectivity index (χ0n) is 12.8. The summed E-state index contributed by atoms with van der Waals surface area (Å²) in [6, 6.07) is -0.822. The van der Waals surface area contributed by atoms with Crippen molar-refractivity contribution in [1.29, 1.82) is 0 Å². The van der Waals surface area contributed by atoms with E-state index in [2.05, 4.69) is 15.3 Å². The molecule has 3 unspecified atom stereocenters. The molecule has 1 amide bonds. The zero-order chi connectivity index (χ0) is 16.0. The van der Waals surface area contributed by atoms with Gasteiger partial charge in [0.2, 0.25) is 0 Å². The van der Waals surface area contributed by atoms with Crippen LogP contribution in [0.5, 0.6) is 0 Å². The van der Waals surface area contributed by atoms with Crippen LogP contribution in [0.15, 0.2) is 5.11 Å². The normalized spacial score (nSPS) is 25.4. The molecule has 0 saturated heterocycles. The number of nitrogens with one attached hydrogen (secondary N) is 1. The van der Waals surface area contributed by atoms with Crippen LogP contribution in [0.1, 0.15) is 40.0 Å². The average molecular weight is 298 g/mol. The number of hydrogen-bond acceptors (Lipinski definition) is 5. The highest BCUT2D eigenvalue weighted by molar-refractivity contribution is 5.72. The number of alkyl carbamates (subject to hydrolysis) is 1. The minimum atomic E-state index is -0.596. The van der Waals surface area contributed by atoms with Gasteiger partial charge in [0.05, 0.1) is 19.1 Å². The molecular formula is C13H22N4O4. The second-order valence-corrected chi connectivity index (χ2v) is 6.06. The second kappa shape index (κ2) is 7.17. The van der Waals surface area contributed by atoms with Gasteiger partial charge in [-0.2, -0.15) is 0 Å². The van der Waals surface area contributed by atoms with E-state index in [9.17, 15) is 9.59 Å². The molecular weight excluding hydrogens is 276 g/mol. The number of ether oxygens (including phenoxy) is 2. The van der Waals surface area contributed by atoms with E-state index in [0.29, 0.717) is 19.3 Å². The Morgan fingerprint density at radius 1 is 1.33 bits per heavy atom. The van der Waals surface area contributed by atoms with E-state index in [4.69, 9.17) is 15.0 Å². The van der Waals surface area contributed by atoms with Crippen LogP contribution < -0.4 is 5.32 Å². The Kier molecular flexibility index (Phi) is 5.84. The van der Waals surface area contributed by atoms with Crippen LogP contribution in [0, 0.1) is 5.92 Å². The number of hydrogen-bond donors (Lipinski definition) is 1. The van der Waals surface area contributed by atoms with Gasteiger partial charge >= 0.3 is 12.1 Å². The zero-order valence-corrected chi connectivity index (χ0v) is 12.8. The molecule has 0 heterocycles. The molecule has 0 aromatic heterocycles. The molecule has 1 saturated carbocycles. The summed E-state index contributed by atoms with van der Waals surface area (Å²) >= 11 is 0. The van der Waals surface area contributed by atoms with E-state index in [1.807, 2.05) is 0 Å². The van der Waals surface area contributed by atoms with Crippen molar-refractivity contribution >= 4 is 12.1 Å². The van der Waals surface area contributed by atoms with Crippen LogP contribution in [0.2, 0.25) is 0 Å². The first-order valence-electron chi connectivity index (χ1n) is 6.88. The van der Waals surface area contributed by atoms with Gasteiger partial charge in [0.15, 0.2) is 0 Å². The van der Waals surface area contributed by atoms with Crippen molar-refractivity contribution in [1.82, 2.24) is 5.32 Å². The first-order chi connectivity index (χ1) is 9.76. The van der Waals surface area contributed by atoms with Crippen molar-refractivity contribution in [2.75, 3.05) is 7.11 Å². The van der Waals surface area contributed by atoms with Gasteiger partial charge in [-0.15, -0.1) is 0 Å². The molecule has 0 bridgehead atoms. The number of rotatable bonds is 3. The molecule has 8 nitrogen and oxygen atoms in total. The topological polar surface area (TPSA) is 113 Å². The largest absolute Gasteiger partial charge is 0.469 e. The number of nitrogens with zero attached hydrogens (tertiary/aromatic N) is 3. The quantitative estimate of drug-likeness (QED) is 0.373. The summed E-state index contributed by atoms with van der Waals surface area (Å²) in [6.07, 6.45) is 0.909. The van der Waals surface area contributed by atoms with Gasteiger partial charge in [-0.1, -0.05) is 5.11 Å². The highest BCUT2D eigenvalue weighted by Crippen LogP contribution is 2.28. The minimum Gasteiger partial charge on any atom is -0.469 e. The minimum absolute atomic E-state index is 0.304. The third-order valence-electron chi connectivity index (χ3n) is 3.25. The molecule has 1 rings (SSSR count). The maximum Gasteiger partial charge on any atom is 0.407 e. The Labute approximate surface area is 123 Å². The maximum atomic E-state index is 11.8. The highest BCUT2D eigenvalue weighted by Gasteiger charge is 2.35. The second-order valence-electron chi connectivity index (χ2n) is 6.06. The van der Waals surface area contributed by atoms with Crippen molar-refractivity contribution < 1.29 is 19.1 Å². The summed E-state index contributed by atoms with van der Waals surface area (Å²) < 4.78 is 9.90. The molecule has 0 radical (unpaired) electrons. The maximum absolute atomic E-state index is 11.8. The first-order valence-corrected chi connectivity index (χ1v) is 6.88. The lowest BCUT2D eigenvalue weighted by Crippen LogP contribution is -2.48. The van der Waals surface area contributed by atoms with Crippen molar-refractivity contribution in [3.63, 3.8) is 0 Å². The van der Waals surface area contributed by atoms with E-state index < -0.39 is 17.7 Å². The molecule has 118 valence electrons. The van der Waals surface area contributed by atoms with Gasteiger partial charge in [0, 0.05) is 11.0 Å². The molecule has 1 aliphatic rings. The lowest BCUT2D eigenvalue weighted by atomic mass is 9.82. The van der Waals surface area contributed by atoms with Gasteiger partial charge in [-0.05, 0) is 45.6 Å². The van der Waals surface area contributed by atoms with Crippen LogP contribution in [-0.4, -0.2) is 36.9 Å². The lowest BCUT2D eigenvalue weighted by molar-refractivity contribution is -0.146. The van der Waals surface area contributed by atoms with Crippen LogP contribution >= 0.6 is 0 Å². The Morgan fingerprint density at radius 3 is 2.52 bits per heavy atom. The van der Waals surface area contributed by atoms with Gasteiger partial charge in [-0.25, -0.2) is 4.79 Å². The van der Waals surface area contributed by atoms with Crippen molar-refractivity contribution in [2.45, 2.75) is 57.7 Å². The Bertz CT molecular complexity index is 440. The molecule has 1 N–H and O–H groups in total. The standard InChI is InChI=1S/C13H22N4O4/c1-13(2,3)21-12(19)15-9-6-5-8(11(18)20-4)7-10(9)16-17-14/h8-10H,5-7H2,1-4H3,(H,15,19). The number of carbonyl (C=O) groups is 2. The molecule has 0 spiro atoms. The molecule has 1 fully saturated rings. The number of carbonyl (C=O) groups excluding carboxylic acids is 2. The smallest absolute Gasteiger partial charge is 0.407 e. The van der Waals surface area contributed by atoms with Gasteiger partial charge in [0.1, 0.15) is 5.60 Å². The Balaban J connectivity index is 2.68. The Morgan fingerprint density at radius 2 is 2.00 bits per heavy atom. The fourth-order valence-electron chi connectivity index (χ4n) is 2.35. The van der Waals surface area contributed by atoms with Crippen molar-refractivity contribution in [3.05, 3.63) is 10.4 Å². The molecule has 3 atom stereocenters. The Hall–Kier alpha value is -1.95. The summed E-state index contributed by atoms with van der Waals surface area (Å²) in [4.78, 5) is 26.1. The summed E-state index contributed by atoms with van der Waals surface area (Å²) in [5.74, 6) is -0.619. The fraction of sp³-hybridized carbons (Fsp3) is 0.846. The molecule has 0 aromatic carbocycles. The number of amides is 1.